The fraction of sp³-hybridized carbons (Fsp3) is 0.0588. The molecule has 0 aliphatic rings. The molecule has 0 spiro atoms. The highest BCUT2D eigenvalue weighted by atomic mass is 79.9. The smallest absolute Gasteiger partial charge is 0.324 e. The normalized spacial score (nSPS) is 11.7. The summed E-state index contributed by atoms with van der Waals surface area (Å²) in [6.45, 7) is 0. The van der Waals surface area contributed by atoms with Crippen molar-refractivity contribution in [3.63, 3.8) is 0 Å². The van der Waals surface area contributed by atoms with Gasteiger partial charge in [0, 0.05) is 28.1 Å². The van der Waals surface area contributed by atoms with Crippen LogP contribution in [0.2, 0.25) is 0 Å². The molecule has 0 aliphatic heterocycles. The first-order valence-electron chi connectivity index (χ1n) is 7.67. The van der Waals surface area contributed by atoms with E-state index in [9.17, 15) is 13.2 Å². The van der Waals surface area contributed by atoms with E-state index >= 15 is 0 Å². The molecule has 0 aliphatic carbocycles. The number of hydrogen-bond acceptors (Lipinski definition) is 5. The first kappa shape index (κ1) is 17.4. The molecule has 4 rings (SSSR count). The van der Waals surface area contributed by atoms with Gasteiger partial charge in [0.15, 0.2) is 0 Å². The Balaban J connectivity index is 1.69. The zero-order valence-corrected chi connectivity index (χ0v) is 15.0. The van der Waals surface area contributed by atoms with Crippen molar-refractivity contribution in [1.82, 2.24) is 24.8 Å². The second-order valence-corrected chi connectivity index (χ2v) is 6.49. The van der Waals surface area contributed by atoms with Crippen LogP contribution < -0.4 is 5.32 Å². The van der Waals surface area contributed by atoms with Crippen LogP contribution in [0.5, 0.6) is 0 Å². The number of nitrogens with one attached hydrogen (secondary N) is 1. The first-order chi connectivity index (χ1) is 12.9. The molecule has 0 radical (unpaired) electrons. The summed E-state index contributed by atoms with van der Waals surface area (Å²) in [7, 11) is 0. The summed E-state index contributed by atoms with van der Waals surface area (Å²) in [5.74, 6) is 0.168. The third kappa shape index (κ3) is 3.61. The molecular formula is C17H10BrF3N6. The third-order valence-electron chi connectivity index (χ3n) is 3.72. The molecule has 0 unspecified atom stereocenters. The average molecular weight is 435 g/mol. The number of alkyl halides is 3. The Morgan fingerprint density at radius 1 is 1.04 bits per heavy atom. The second kappa shape index (κ2) is 6.62. The Hall–Kier alpha value is -3.01. The van der Waals surface area contributed by atoms with E-state index in [2.05, 4.69) is 41.4 Å². The van der Waals surface area contributed by atoms with Crippen LogP contribution in [0, 0.1) is 0 Å². The lowest BCUT2D eigenvalue weighted by Crippen LogP contribution is -2.06. The highest BCUT2D eigenvalue weighted by molar-refractivity contribution is 9.10. The van der Waals surface area contributed by atoms with Crippen LogP contribution in [0.3, 0.4) is 0 Å². The molecule has 0 amide bonds. The van der Waals surface area contributed by atoms with Crippen LogP contribution in [0.4, 0.5) is 24.8 Å². The van der Waals surface area contributed by atoms with E-state index in [1.807, 2.05) is 6.07 Å². The summed E-state index contributed by atoms with van der Waals surface area (Å²) in [5, 5.41) is 11.1. The zero-order valence-electron chi connectivity index (χ0n) is 13.4. The van der Waals surface area contributed by atoms with E-state index in [-0.39, 0.29) is 11.6 Å². The average Bonchev–Trinajstić information content (AvgIpc) is 3.05. The second-order valence-electron chi connectivity index (χ2n) is 5.57. The van der Waals surface area contributed by atoms with Gasteiger partial charge in [-0.3, -0.25) is 0 Å². The Morgan fingerprint density at radius 3 is 2.70 bits per heavy atom. The van der Waals surface area contributed by atoms with Crippen LogP contribution in [0.1, 0.15) is 5.56 Å². The predicted octanol–water partition coefficient (Wildman–Crippen LogP) is 4.71. The fourth-order valence-electron chi connectivity index (χ4n) is 2.55. The Kier molecular flexibility index (Phi) is 4.27. The first-order valence-corrected chi connectivity index (χ1v) is 8.47. The van der Waals surface area contributed by atoms with Gasteiger partial charge in [-0.05, 0) is 36.4 Å². The molecule has 10 heteroatoms. The van der Waals surface area contributed by atoms with Gasteiger partial charge in [-0.2, -0.15) is 28.0 Å². The van der Waals surface area contributed by atoms with Crippen molar-refractivity contribution in [2.75, 3.05) is 5.32 Å². The quantitative estimate of drug-likeness (QED) is 0.505. The molecule has 1 N–H and O–H groups in total. The van der Waals surface area contributed by atoms with Gasteiger partial charge in [0.05, 0.1) is 23.0 Å². The summed E-state index contributed by atoms with van der Waals surface area (Å²) >= 11 is 3.09. The number of nitrogens with zero attached hydrogens (tertiary/aromatic N) is 5. The third-order valence-corrected chi connectivity index (χ3v) is 4.17. The van der Waals surface area contributed by atoms with Gasteiger partial charge < -0.3 is 5.32 Å². The molecule has 3 heterocycles. The molecule has 4 aromatic rings. The lowest BCUT2D eigenvalue weighted by Gasteiger charge is -2.11. The van der Waals surface area contributed by atoms with Gasteiger partial charge >= 0.3 is 6.18 Å². The minimum Gasteiger partial charge on any atom is -0.324 e. The van der Waals surface area contributed by atoms with Gasteiger partial charge in [-0.25, -0.2) is 9.97 Å². The summed E-state index contributed by atoms with van der Waals surface area (Å²) in [4.78, 5) is 8.47. The minimum absolute atomic E-state index is 0.168. The van der Waals surface area contributed by atoms with Crippen LogP contribution in [-0.2, 0) is 6.18 Å². The van der Waals surface area contributed by atoms with E-state index in [4.69, 9.17) is 0 Å². The van der Waals surface area contributed by atoms with Gasteiger partial charge in [-0.15, -0.1) is 0 Å². The monoisotopic (exact) mass is 434 g/mol. The number of halogens is 4. The van der Waals surface area contributed by atoms with E-state index in [1.165, 1.54) is 16.9 Å². The van der Waals surface area contributed by atoms with Crippen LogP contribution in [-0.4, -0.2) is 24.8 Å². The summed E-state index contributed by atoms with van der Waals surface area (Å²) in [6.07, 6.45) is 0.303. The fourth-order valence-corrected chi connectivity index (χ4v) is 3.05. The van der Waals surface area contributed by atoms with Crippen molar-refractivity contribution in [2.24, 2.45) is 0 Å². The van der Waals surface area contributed by atoms with Crippen molar-refractivity contribution in [3.05, 3.63) is 65.0 Å². The van der Waals surface area contributed by atoms with Crippen LogP contribution in [0.15, 0.2) is 59.5 Å². The number of aromatic nitrogens is 5. The number of fused-ring (bicyclic) bond motifs is 1. The lowest BCUT2D eigenvalue weighted by atomic mass is 10.2. The molecule has 0 fully saturated rings. The van der Waals surface area contributed by atoms with Crippen LogP contribution in [0.25, 0.3) is 16.8 Å². The van der Waals surface area contributed by atoms with Gasteiger partial charge in [0.2, 0.25) is 5.95 Å². The van der Waals surface area contributed by atoms with E-state index < -0.39 is 11.7 Å². The Labute approximate surface area is 159 Å². The highest BCUT2D eigenvalue weighted by Gasteiger charge is 2.31. The molecule has 0 bridgehead atoms. The van der Waals surface area contributed by atoms with E-state index in [0.29, 0.717) is 10.2 Å². The summed E-state index contributed by atoms with van der Waals surface area (Å²) < 4.78 is 40.7. The highest BCUT2D eigenvalue weighted by Crippen LogP contribution is 2.34. The van der Waals surface area contributed by atoms with Gasteiger partial charge in [-0.1, -0.05) is 15.9 Å². The molecule has 6 nitrogen and oxygen atoms in total. The molecule has 0 atom stereocenters. The SMILES string of the molecule is FC(F)(F)c1cc(Br)cc(Nc2nccc(-c3cnn4ncccc34)n2)c1. The van der Waals surface area contributed by atoms with Gasteiger partial charge in [0.1, 0.15) is 0 Å². The lowest BCUT2D eigenvalue weighted by molar-refractivity contribution is -0.137. The van der Waals surface area contributed by atoms with Crippen LogP contribution >= 0.6 is 15.9 Å². The van der Waals surface area contributed by atoms with Crippen molar-refractivity contribution in [1.29, 1.82) is 0 Å². The molecular weight excluding hydrogens is 425 g/mol. The van der Waals surface area contributed by atoms with E-state index in [0.717, 1.165) is 23.2 Å². The van der Waals surface area contributed by atoms with E-state index in [1.54, 1.807) is 24.5 Å². The largest absolute Gasteiger partial charge is 0.416 e. The zero-order chi connectivity index (χ0) is 19.0. The maximum absolute atomic E-state index is 13.0. The Bertz CT molecular complexity index is 1130. The summed E-state index contributed by atoms with van der Waals surface area (Å²) in [6, 6.07) is 8.84. The number of benzene rings is 1. The topological polar surface area (TPSA) is 68.0 Å². The standard InChI is InChI=1S/C17H10BrF3N6/c18-11-6-10(17(19,20)21)7-12(8-11)25-16-22-5-3-14(26-16)13-9-24-27-15(13)2-1-4-23-27/h1-9H,(H,22,25,26). The van der Waals surface area contributed by atoms with Crippen molar-refractivity contribution in [3.8, 4) is 11.3 Å². The molecule has 136 valence electrons. The molecule has 27 heavy (non-hydrogen) atoms. The van der Waals surface area contributed by atoms with Crippen molar-refractivity contribution in [2.45, 2.75) is 6.18 Å². The van der Waals surface area contributed by atoms with Crippen molar-refractivity contribution < 1.29 is 13.2 Å². The van der Waals surface area contributed by atoms with Crippen molar-refractivity contribution >= 4 is 33.1 Å². The molecule has 3 aromatic heterocycles. The molecule has 1 aromatic carbocycles. The predicted molar refractivity (Wildman–Crippen MR) is 96.4 cm³/mol. The van der Waals surface area contributed by atoms with Gasteiger partial charge in [0.25, 0.3) is 0 Å². The molecule has 0 saturated carbocycles. The summed E-state index contributed by atoms with van der Waals surface area (Å²) in [5.41, 5.74) is 1.50. The number of anilines is 2. The maximum Gasteiger partial charge on any atom is 0.416 e. The Morgan fingerprint density at radius 2 is 1.89 bits per heavy atom. The number of rotatable bonds is 3. The maximum atomic E-state index is 13.0. The number of hydrogen-bond donors (Lipinski definition) is 1. The molecule has 0 saturated heterocycles. The minimum atomic E-state index is -4.45.